The van der Waals surface area contributed by atoms with E-state index in [9.17, 15) is 0 Å². The van der Waals surface area contributed by atoms with E-state index in [4.69, 9.17) is 0 Å². The van der Waals surface area contributed by atoms with Crippen LogP contribution in [0.5, 0.6) is 0 Å². The van der Waals surface area contributed by atoms with Crippen LogP contribution in [0, 0.1) is 0 Å². The van der Waals surface area contributed by atoms with Crippen LogP contribution in [0.25, 0.3) is 11.1 Å². The fraction of sp³-hybridized carbons (Fsp3) is 0.318. The van der Waals surface area contributed by atoms with E-state index in [0.29, 0.717) is 11.8 Å². The van der Waals surface area contributed by atoms with Crippen molar-refractivity contribution in [2.45, 2.75) is 90.0 Å². The van der Waals surface area contributed by atoms with Gasteiger partial charge in [-0.15, -0.1) is 0 Å². The van der Waals surface area contributed by atoms with Gasteiger partial charge in [0.05, 0.1) is 5.54 Å². The lowest BCUT2D eigenvalue weighted by Crippen LogP contribution is -2.56. The highest BCUT2D eigenvalue weighted by Crippen LogP contribution is 2.61. The van der Waals surface area contributed by atoms with Crippen LogP contribution < -0.4 is 26.2 Å². The Morgan fingerprint density at radius 1 is 0.596 bits per heavy atom. The molecule has 3 heteroatoms. The van der Waals surface area contributed by atoms with E-state index >= 15 is 0 Å². The van der Waals surface area contributed by atoms with Gasteiger partial charge in [-0.05, 0) is 107 Å². The zero-order valence-corrected chi connectivity index (χ0v) is 28.8. The van der Waals surface area contributed by atoms with E-state index in [1.807, 2.05) is 0 Å². The monoisotopic (exact) mass is 612 g/mol. The van der Waals surface area contributed by atoms with Crippen LogP contribution in [0.2, 0.25) is 0 Å². The molecule has 3 aliphatic heterocycles. The van der Waals surface area contributed by atoms with Crippen molar-refractivity contribution in [1.82, 2.24) is 0 Å². The summed E-state index contributed by atoms with van der Waals surface area (Å²) in [4.78, 5) is 5.34. The highest BCUT2D eigenvalue weighted by Gasteiger charge is 2.58. The average molecular weight is 613 g/mol. The molecule has 0 N–H and O–H groups in total. The molecule has 0 saturated heterocycles. The van der Waals surface area contributed by atoms with Gasteiger partial charge in [0.2, 0.25) is 6.71 Å². The van der Waals surface area contributed by atoms with Crippen molar-refractivity contribution < 1.29 is 0 Å². The summed E-state index contributed by atoms with van der Waals surface area (Å²) in [6.07, 6.45) is 5.01. The smallest absolute Gasteiger partial charge is 0.248 e. The topological polar surface area (TPSA) is 6.48 Å². The molecule has 0 bridgehead atoms. The molecule has 2 atom stereocenters. The van der Waals surface area contributed by atoms with Crippen LogP contribution in [0.1, 0.15) is 95.8 Å². The van der Waals surface area contributed by atoms with Crippen molar-refractivity contribution in [3.05, 3.63) is 120 Å². The summed E-state index contributed by atoms with van der Waals surface area (Å²) in [6.45, 7) is 14.5. The Hall–Kier alpha value is -4.24. The fourth-order valence-electron chi connectivity index (χ4n) is 9.82. The molecular formula is C44H45BN2. The quantitative estimate of drug-likeness (QED) is 0.183. The zero-order valence-electron chi connectivity index (χ0n) is 28.8. The van der Waals surface area contributed by atoms with Gasteiger partial charge >= 0.3 is 0 Å². The van der Waals surface area contributed by atoms with E-state index in [2.05, 4.69) is 154 Å². The first kappa shape index (κ1) is 28.9. The lowest BCUT2D eigenvalue weighted by Gasteiger charge is -2.50. The molecule has 9 rings (SSSR count). The first-order chi connectivity index (χ1) is 22.7. The molecule has 1 aliphatic carbocycles. The third kappa shape index (κ3) is 3.86. The largest absolute Gasteiger partial charge is 0.334 e. The minimum atomic E-state index is 0.00982. The van der Waals surface area contributed by atoms with E-state index in [1.54, 1.807) is 0 Å². The SMILES string of the molecule is CC(C)c1ccc(N2c3ccc(C(C)C)cc3B3c4ccccc4-c4cc(N5c6ccccc6C6(C)CCCCC56C)cc2c43)cc1. The molecule has 0 radical (unpaired) electrons. The standard InChI is InChI=1S/C44H45BN2/c1-28(2)30-17-20-32(21-18-30)46-40-22-19-31(29(3)4)25-38(40)45-37-15-9-7-13-34(37)35-26-33(27-41(46)42(35)45)47-39-16-10-8-14-36(39)43(5)23-11-12-24-44(43,47)6/h7-10,13-22,25-29H,11-12,23-24H2,1-6H3. The minimum Gasteiger partial charge on any atom is -0.334 e. The number of nitrogens with zero attached hydrogens (tertiary/aromatic N) is 2. The molecule has 234 valence electrons. The van der Waals surface area contributed by atoms with Gasteiger partial charge in [0.1, 0.15) is 0 Å². The van der Waals surface area contributed by atoms with Gasteiger partial charge in [-0.25, -0.2) is 0 Å². The molecule has 0 aromatic heterocycles. The van der Waals surface area contributed by atoms with Gasteiger partial charge in [-0.1, -0.05) is 120 Å². The molecule has 0 spiro atoms. The maximum Gasteiger partial charge on any atom is 0.248 e. The Labute approximate surface area is 281 Å². The number of rotatable bonds is 4. The van der Waals surface area contributed by atoms with Crippen LogP contribution in [-0.4, -0.2) is 12.3 Å². The number of benzene rings is 5. The summed E-state index contributed by atoms with van der Waals surface area (Å²) in [7, 11) is 0. The molecule has 2 nitrogen and oxygen atoms in total. The summed E-state index contributed by atoms with van der Waals surface area (Å²) in [5.74, 6) is 0.971. The predicted octanol–water partition coefficient (Wildman–Crippen LogP) is 9.96. The summed E-state index contributed by atoms with van der Waals surface area (Å²) in [5.41, 5.74) is 18.1. The molecule has 5 aromatic carbocycles. The Bertz CT molecular complexity index is 2060. The third-order valence-electron chi connectivity index (χ3n) is 12.6. The maximum absolute atomic E-state index is 2.76. The van der Waals surface area contributed by atoms with E-state index in [0.717, 1.165) is 0 Å². The number of fused-ring (bicyclic) bond motifs is 8. The summed E-state index contributed by atoms with van der Waals surface area (Å²) in [6, 6.07) is 40.2. The second-order valence-electron chi connectivity index (χ2n) is 15.7. The van der Waals surface area contributed by atoms with Crippen LogP contribution in [-0.2, 0) is 5.41 Å². The lowest BCUT2D eigenvalue weighted by molar-refractivity contribution is 0.195. The summed E-state index contributed by atoms with van der Waals surface area (Å²) < 4.78 is 0. The van der Waals surface area contributed by atoms with Gasteiger partial charge in [-0.2, -0.15) is 0 Å². The molecule has 47 heavy (non-hydrogen) atoms. The molecule has 4 aliphatic rings. The maximum atomic E-state index is 2.76. The molecule has 5 aromatic rings. The van der Waals surface area contributed by atoms with Crippen molar-refractivity contribution in [3.63, 3.8) is 0 Å². The number of anilines is 5. The van der Waals surface area contributed by atoms with E-state index < -0.39 is 0 Å². The molecule has 3 heterocycles. The second kappa shape index (κ2) is 10.1. The average Bonchev–Trinajstić information content (AvgIpc) is 3.52. The van der Waals surface area contributed by atoms with Crippen LogP contribution in [0.4, 0.5) is 28.4 Å². The Balaban J connectivity index is 1.34. The fourth-order valence-corrected chi connectivity index (χ4v) is 9.82. The van der Waals surface area contributed by atoms with E-state index in [1.165, 1.54) is 98.3 Å². The van der Waals surface area contributed by atoms with Gasteiger partial charge in [0, 0.05) is 33.9 Å². The van der Waals surface area contributed by atoms with Gasteiger partial charge in [0.15, 0.2) is 0 Å². The molecule has 0 amide bonds. The second-order valence-corrected chi connectivity index (χ2v) is 15.7. The lowest BCUT2D eigenvalue weighted by atomic mass is 9.37. The van der Waals surface area contributed by atoms with Crippen LogP contribution >= 0.6 is 0 Å². The van der Waals surface area contributed by atoms with Crippen LogP contribution in [0.15, 0.2) is 103 Å². The van der Waals surface area contributed by atoms with Crippen molar-refractivity contribution >= 4 is 51.5 Å². The normalized spacial score (nSPS) is 21.9. The third-order valence-corrected chi connectivity index (χ3v) is 12.6. The van der Waals surface area contributed by atoms with Crippen molar-refractivity contribution in [2.24, 2.45) is 0 Å². The molecule has 2 unspecified atom stereocenters. The zero-order chi connectivity index (χ0) is 32.2. The van der Waals surface area contributed by atoms with Gasteiger partial charge < -0.3 is 9.80 Å². The Morgan fingerprint density at radius 3 is 2.09 bits per heavy atom. The summed E-state index contributed by atoms with van der Waals surface area (Å²) >= 11 is 0. The summed E-state index contributed by atoms with van der Waals surface area (Å²) in [5, 5.41) is 0. The van der Waals surface area contributed by atoms with Gasteiger partial charge in [0.25, 0.3) is 0 Å². The van der Waals surface area contributed by atoms with Crippen molar-refractivity contribution in [1.29, 1.82) is 0 Å². The molecule has 1 fully saturated rings. The van der Waals surface area contributed by atoms with E-state index in [-0.39, 0.29) is 17.7 Å². The first-order valence-corrected chi connectivity index (χ1v) is 17.9. The van der Waals surface area contributed by atoms with Crippen LogP contribution in [0.3, 0.4) is 0 Å². The van der Waals surface area contributed by atoms with Gasteiger partial charge in [-0.3, -0.25) is 0 Å². The predicted molar refractivity (Wildman–Crippen MR) is 202 cm³/mol. The Kier molecular flexibility index (Phi) is 6.24. The highest BCUT2D eigenvalue weighted by atomic mass is 15.3. The number of para-hydroxylation sites is 1. The number of hydrogen-bond acceptors (Lipinski definition) is 2. The highest BCUT2D eigenvalue weighted by molar-refractivity contribution is 7.01. The molecular weight excluding hydrogens is 567 g/mol. The number of hydrogen-bond donors (Lipinski definition) is 0. The minimum absolute atomic E-state index is 0.00982. The molecule has 1 saturated carbocycles. The van der Waals surface area contributed by atoms with Crippen molar-refractivity contribution in [3.8, 4) is 11.1 Å². The van der Waals surface area contributed by atoms with Crippen molar-refractivity contribution in [2.75, 3.05) is 9.80 Å². The first-order valence-electron chi connectivity index (χ1n) is 17.9. The Morgan fingerprint density at radius 2 is 1.30 bits per heavy atom.